The lowest BCUT2D eigenvalue weighted by atomic mass is 10.0. The molecule has 6 nitrogen and oxygen atoms in total. The summed E-state index contributed by atoms with van der Waals surface area (Å²) in [4.78, 5) is 18.7. The van der Waals surface area contributed by atoms with E-state index in [4.69, 9.17) is 4.74 Å². The Bertz CT molecular complexity index is 419. The minimum atomic E-state index is -0.110. The van der Waals surface area contributed by atoms with Crippen molar-refractivity contribution in [2.75, 3.05) is 39.3 Å². The van der Waals surface area contributed by atoms with Crippen molar-refractivity contribution in [1.29, 1.82) is 0 Å². The van der Waals surface area contributed by atoms with Crippen LogP contribution in [0.15, 0.2) is 4.99 Å². The average Bonchev–Trinajstić information content (AvgIpc) is 2.90. The van der Waals surface area contributed by atoms with Crippen LogP contribution < -0.4 is 10.6 Å². The Morgan fingerprint density at radius 1 is 1.29 bits per heavy atom. The number of hydrogen-bond acceptors (Lipinski definition) is 3. The van der Waals surface area contributed by atoms with E-state index in [1.807, 2.05) is 4.90 Å². The predicted molar refractivity (Wildman–Crippen MR) is 97.2 cm³/mol. The zero-order valence-corrected chi connectivity index (χ0v) is 15.4. The smallest absolute Gasteiger partial charge is 0.222 e. The first kappa shape index (κ1) is 19.0. The molecule has 1 amide bonds. The normalized spacial score (nSPS) is 25.7. The van der Waals surface area contributed by atoms with Crippen LogP contribution in [-0.4, -0.2) is 61.7 Å². The molecule has 6 heteroatoms. The molecule has 138 valence electrons. The summed E-state index contributed by atoms with van der Waals surface area (Å²) >= 11 is 0. The fraction of sp³-hybridized carbons (Fsp3) is 0.889. The van der Waals surface area contributed by atoms with Crippen LogP contribution in [0.3, 0.4) is 0 Å². The molecule has 0 spiro atoms. The number of guanidine groups is 1. The molecule has 0 saturated carbocycles. The summed E-state index contributed by atoms with van der Waals surface area (Å²) in [7, 11) is 0. The lowest BCUT2D eigenvalue weighted by Crippen LogP contribution is -2.40. The Balaban J connectivity index is 1.71. The molecule has 2 aliphatic rings. The summed E-state index contributed by atoms with van der Waals surface area (Å²) < 4.78 is 5.79. The van der Waals surface area contributed by atoms with Gasteiger partial charge in [-0.3, -0.25) is 9.79 Å². The fourth-order valence-corrected chi connectivity index (χ4v) is 3.30. The van der Waals surface area contributed by atoms with Gasteiger partial charge in [-0.05, 0) is 46.0 Å². The topological polar surface area (TPSA) is 66.0 Å². The van der Waals surface area contributed by atoms with Crippen LogP contribution in [0.1, 0.15) is 58.8 Å². The number of likely N-dealkylation sites (tertiary alicyclic amines) is 1. The Hall–Kier alpha value is -1.30. The van der Waals surface area contributed by atoms with E-state index < -0.39 is 0 Å². The third-order valence-electron chi connectivity index (χ3n) is 4.78. The molecule has 2 N–H and O–H groups in total. The van der Waals surface area contributed by atoms with Gasteiger partial charge in [0.05, 0.1) is 12.1 Å². The summed E-state index contributed by atoms with van der Waals surface area (Å²) in [6.07, 6.45) is 7.24. The molecule has 0 aromatic heterocycles. The maximum Gasteiger partial charge on any atom is 0.222 e. The summed E-state index contributed by atoms with van der Waals surface area (Å²) in [5.74, 6) is 1.16. The van der Waals surface area contributed by atoms with Gasteiger partial charge in [0.2, 0.25) is 5.91 Å². The van der Waals surface area contributed by atoms with Crippen molar-refractivity contribution in [2.24, 2.45) is 4.99 Å². The number of carbonyl (C=O) groups is 1. The van der Waals surface area contributed by atoms with Gasteiger partial charge in [0.15, 0.2) is 5.96 Å². The van der Waals surface area contributed by atoms with E-state index in [-0.39, 0.29) is 5.60 Å². The van der Waals surface area contributed by atoms with Crippen molar-refractivity contribution >= 4 is 11.9 Å². The van der Waals surface area contributed by atoms with Gasteiger partial charge in [-0.15, -0.1) is 0 Å². The van der Waals surface area contributed by atoms with Gasteiger partial charge >= 0.3 is 0 Å². The van der Waals surface area contributed by atoms with Crippen LogP contribution in [0.25, 0.3) is 0 Å². The lowest BCUT2D eigenvalue weighted by Gasteiger charge is -2.22. The highest BCUT2D eigenvalue weighted by Crippen LogP contribution is 2.24. The zero-order chi connectivity index (χ0) is 17.3. The third kappa shape index (κ3) is 6.30. The van der Waals surface area contributed by atoms with Crippen LogP contribution in [0, 0.1) is 0 Å². The number of ether oxygens (including phenoxy) is 1. The Kier molecular flexibility index (Phi) is 7.82. The number of aliphatic imine (C=N–C) groups is 1. The van der Waals surface area contributed by atoms with E-state index in [0.29, 0.717) is 12.5 Å². The van der Waals surface area contributed by atoms with Crippen molar-refractivity contribution in [1.82, 2.24) is 15.5 Å². The Labute approximate surface area is 146 Å². The highest BCUT2D eigenvalue weighted by atomic mass is 16.5. The van der Waals surface area contributed by atoms with E-state index in [1.54, 1.807) is 0 Å². The number of rotatable bonds is 7. The predicted octanol–water partition coefficient (Wildman–Crippen LogP) is 1.90. The Morgan fingerprint density at radius 2 is 2.17 bits per heavy atom. The third-order valence-corrected chi connectivity index (χ3v) is 4.78. The summed E-state index contributed by atoms with van der Waals surface area (Å²) in [5.41, 5.74) is -0.110. The van der Waals surface area contributed by atoms with Crippen LogP contribution in [0.5, 0.6) is 0 Å². The van der Waals surface area contributed by atoms with Crippen molar-refractivity contribution in [3.05, 3.63) is 0 Å². The Morgan fingerprint density at radius 3 is 2.92 bits per heavy atom. The second kappa shape index (κ2) is 9.87. The number of nitrogens with one attached hydrogen (secondary N) is 2. The first-order valence-electron chi connectivity index (χ1n) is 9.57. The molecule has 0 radical (unpaired) electrons. The monoisotopic (exact) mass is 338 g/mol. The first-order valence-corrected chi connectivity index (χ1v) is 9.57. The largest absolute Gasteiger partial charge is 0.373 e. The maximum atomic E-state index is 12.0. The van der Waals surface area contributed by atoms with Gasteiger partial charge in [-0.25, -0.2) is 0 Å². The second-order valence-electron chi connectivity index (χ2n) is 7.07. The minimum Gasteiger partial charge on any atom is -0.373 e. The maximum absolute atomic E-state index is 12.0. The molecule has 2 heterocycles. The summed E-state index contributed by atoms with van der Waals surface area (Å²) in [5, 5.41) is 6.66. The lowest BCUT2D eigenvalue weighted by molar-refractivity contribution is -0.130. The molecule has 1 atom stereocenters. The highest BCUT2D eigenvalue weighted by molar-refractivity contribution is 5.79. The van der Waals surface area contributed by atoms with Gasteiger partial charge in [0, 0.05) is 39.2 Å². The first-order chi connectivity index (χ1) is 11.6. The number of carbonyl (C=O) groups excluding carboxylic acids is 1. The quantitative estimate of drug-likeness (QED) is 0.423. The summed E-state index contributed by atoms with van der Waals surface area (Å²) in [6, 6.07) is 0. The fourth-order valence-electron chi connectivity index (χ4n) is 3.30. The van der Waals surface area contributed by atoms with E-state index in [0.717, 1.165) is 77.3 Å². The van der Waals surface area contributed by atoms with Gasteiger partial charge < -0.3 is 20.3 Å². The molecular formula is C18H34N4O2. The van der Waals surface area contributed by atoms with E-state index in [9.17, 15) is 4.79 Å². The molecule has 24 heavy (non-hydrogen) atoms. The highest BCUT2D eigenvalue weighted by Gasteiger charge is 2.29. The van der Waals surface area contributed by atoms with Crippen LogP contribution >= 0.6 is 0 Å². The van der Waals surface area contributed by atoms with Gasteiger partial charge in [0.25, 0.3) is 0 Å². The molecule has 0 bridgehead atoms. The molecule has 0 aromatic rings. The number of nitrogens with zero attached hydrogens (tertiary/aromatic N) is 2. The SMILES string of the molecule is CCNC(=NCC1(C)CCCO1)NCCCN1CCCCCC1=O. The van der Waals surface area contributed by atoms with Crippen LogP contribution in [0.4, 0.5) is 0 Å². The molecule has 0 aromatic carbocycles. The van der Waals surface area contributed by atoms with Crippen LogP contribution in [-0.2, 0) is 9.53 Å². The summed E-state index contributed by atoms with van der Waals surface area (Å²) in [6.45, 7) is 9.17. The molecule has 2 rings (SSSR count). The van der Waals surface area contributed by atoms with Crippen molar-refractivity contribution in [3.8, 4) is 0 Å². The number of amides is 1. The molecule has 2 saturated heterocycles. The van der Waals surface area contributed by atoms with Crippen LogP contribution in [0.2, 0.25) is 0 Å². The standard InChI is InChI=1S/C18H34N4O2/c1-3-19-17(21-15-18(2)10-7-14-24-18)20-11-8-13-22-12-6-4-5-9-16(22)23/h3-15H2,1-2H3,(H2,19,20,21). The zero-order valence-electron chi connectivity index (χ0n) is 15.4. The average molecular weight is 338 g/mol. The van der Waals surface area contributed by atoms with E-state index in [1.165, 1.54) is 6.42 Å². The van der Waals surface area contributed by atoms with E-state index in [2.05, 4.69) is 29.5 Å². The van der Waals surface area contributed by atoms with Crippen molar-refractivity contribution in [2.45, 2.75) is 64.4 Å². The van der Waals surface area contributed by atoms with Gasteiger partial charge in [0.1, 0.15) is 0 Å². The number of hydrogen-bond donors (Lipinski definition) is 2. The molecule has 2 fully saturated rings. The molecular weight excluding hydrogens is 304 g/mol. The molecule has 0 aliphatic carbocycles. The van der Waals surface area contributed by atoms with Gasteiger partial charge in [-0.2, -0.15) is 0 Å². The molecule has 1 unspecified atom stereocenters. The van der Waals surface area contributed by atoms with E-state index >= 15 is 0 Å². The second-order valence-corrected chi connectivity index (χ2v) is 7.07. The minimum absolute atomic E-state index is 0.110. The molecule has 2 aliphatic heterocycles. The van der Waals surface area contributed by atoms with Crippen molar-refractivity contribution < 1.29 is 9.53 Å². The van der Waals surface area contributed by atoms with Gasteiger partial charge in [-0.1, -0.05) is 6.42 Å². The van der Waals surface area contributed by atoms with Crippen molar-refractivity contribution in [3.63, 3.8) is 0 Å².